The van der Waals surface area contributed by atoms with Gasteiger partial charge in [0.2, 0.25) is 0 Å². The van der Waals surface area contributed by atoms with Gasteiger partial charge in [0.15, 0.2) is 5.82 Å². The van der Waals surface area contributed by atoms with Gasteiger partial charge in [-0.25, -0.2) is 14.3 Å². The molecule has 10 heteroatoms. The van der Waals surface area contributed by atoms with Gasteiger partial charge in [0.25, 0.3) is 0 Å². The summed E-state index contributed by atoms with van der Waals surface area (Å²) in [6.07, 6.45) is 1.79. The predicted octanol–water partition coefficient (Wildman–Crippen LogP) is 1.52. The fourth-order valence-corrected chi connectivity index (χ4v) is 4.44. The van der Waals surface area contributed by atoms with Crippen LogP contribution in [0.4, 0.5) is 10.6 Å². The van der Waals surface area contributed by atoms with E-state index in [0.29, 0.717) is 11.2 Å². The molecule has 0 amide bonds. The van der Waals surface area contributed by atoms with Crippen molar-refractivity contribution in [3.05, 3.63) is 24.2 Å². The molecule has 2 aromatic rings. The highest BCUT2D eigenvalue weighted by Gasteiger charge is 2.54. The largest absolute Gasteiger partial charge is 0.508 e. The minimum atomic E-state index is -1.29. The summed E-state index contributed by atoms with van der Waals surface area (Å²) >= 11 is 0. The Bertz CT molecular complexity index is 927. The number of anilines is 1. The van der Waals surface area contributed by atoms with Crippen molar-refractivity contribution in [2.24, 2.45) is 0 Å². The summed E-state index contributed by atoms with van der Waals surface area (Å²) in [7, 11) is 0. The molecule has 1 saturated heterocycles. The number of aliphatic hydroxyl groups excluding tert-OH is 2. The van der Waals surface area contributed by atoms with Crippen molar-refractivity contribution in [3.8, 4) is 0 Å². The molecular weight excluding hydrogens is 392 g/mol. The van der Waals surface area contributed by atoms with Crippen LogP contribution in [0.1, 0.15) is 51.6 Å². The Morgan fingerprint density at radius 1 is 1.30 bits per heavy atom. The summed E-state index contributed by atoms with van der Waals surface area (Å²) in [5.74, 6) is 0.284. The number of nitrogens with zero attached hydrogens (tertiary/aromatic N) is 3. The Kier molecular flexibility index (Phi) is 5.33. The Labute approximate surface area is 173 Å². The highest BCUT2D eigenvalue weighted by Crippen LogP contribution is 2.40. The van der Waals surface area contributed by atoms with E-state index in [0.717, 1.165) is 32.1 Å². The van der Waals surface area contributed by atoms with E-state index in [4.69, 9.17) is 19.9 Å². The molecule has 0 unspecified atom stereocenters. The number of hydrogen-bond donors (Lipinski definition) is 3. The van der Waals surface area contributed by atoms with Gasteiger partial charge in [0, 0.05) is 0 Å². The number of aromatic nitrogens is 3. The third-order valence-corrected chi connectivity index (χ3v) is 6.26. The van der Waals surface area contributed by atoms with Gasteiger partial charge in [0.05, 0.1) is 5.69 Å². The Balaban J connectivity index is 1.45. The number of fused-ring (bicyclic) bond motifs is 1. The zero-order valence-corrected chi connectivity index (χ0v) is 17.2. The van der Waals surface area contributed by atoms with Crippen LogP contribution < -0.4 is 5.73 Å². The molecule has 1 saturated carbocycles. The van der Waals surface area contributed by atoms with E-state index in [2.05, 4.69) is 10.1 Å². The predicted molar refractivity (Wildman–Crippen MR) is 106 cm³/mol. The zero-order valence-electron chi connectivity index (χ0n) is 17.2. The van der Waals surface area contributed by atoms with Gasteiger partial charge in [-0.15, -0.1) is 0 Å². The van der Waals surface area contributed by atoms with Gasteiger partial charge in [-0.05, 0) is 51.7 Å². The molecule has 0 aromatic carbocycles. The third-order valence-electron chi connectivity index (χ3n) is 6.26. The van der Waals surface area contributed by atoms with Crippen LogP contribution in [0.2, 0.25) is 0 Å². The minimum Gasteiger partial charge on any atom is -0.431 e. The summed E-state index contributed by atoms with van der Waals surface area (Å²) < 4.78 is 18.2. The maximum absolute atomic E-state index is 12.2. The number of hydrogen-bond acceptors (Lipinski definition) is 9. The standard InChI is InChI=1S/C20H28N4O6/c1-19(8-4-3-5-9-19)30-18(27)28-10-13-15(25)16(26)20(2,29-13)14-7-6-12-17(21)22-11-23-24(12)14/h6-7,11,13,15-16,25-26H,3-5,8-10H2,1-2H3,(H2,21,22,23)/t13-,15-,16-,20+/m1/s1. The number of nitrogen functional groups attached to an aromatic ring is 1. The van der Waals surface area contributed by atoms with E-state index in [1.807, 2.05) is 6.92 Å². The minimum absolute atomic E-state index is 0.247. The summed E-state index contributed by atoms with van der Waals surface area (Å²) in [5.41, 5.74) is 5.11. The molecule has 10 nitrogen and oxygen atoms in total. The van der Waals surface area contributed by atoms with E-state index in [9.17, 15) is 15.0 Å². The summed E-state index contributed by atoms with van der Waals surface area (Å²) in [6, 6.07) is 3.42. The fourth-order valence-electron chi connectivity index (χ4n) is 4.44. The number of carbonyl (C=O) groups excluding carboxylic acids is 1. The SMILES string of the molecule is CC1(OC(=O)OC[C@H]2O[C@@](C)(c3ccc4c(N)ncnn34)[C@H](O)[C@@H]2O)CCCCC1. The van der Waals surface area contributed by atoms with Crippen LogP contribution >= 0.6 is 0 Å². The lowest BCUT2D eigenvalue weighted by Crippen LogP contribution is -2.40. The molecule has 0 spiro atoms. The summed E-state index contributed by atoms with van der Waals surface area (Å²) in [4.78, 5) is 16.1. The van der Waals surface area contributed by atoms with Crippen molar-refractivity contribution in [3.63, 3.8) is 0 Å². The van der Waals surface area contributed by atoms with Crippen LogP contribution in [-0.2, 0) is 19.8 Å². The maximum atomic E-state index is 12.2. The molecule has 4 atom stereocenters. The van der Waals surface area contributed by atoms with Crippen LogP contribution in [0, 0.1) is 0 Å². The van der Waals surface area contributed by atoms with Gasteiger partial charge in [-0.3, -0.25) is 0 Å². The maximum Gasteiger partial charge on any atom is 0.508 e. The number of carbonyl (C=O) groups is 1. The topological polar surface area (TPSA) is 141 Å². The second-order valence-electron chi connectivity index (χ2n) is 8.53. The summed E-state index contributed by atoms with van der Waals surface area (Å²) in [6.45, 7) is 3.30. The molecule has 1 aliphatic heterocycles. The van der Waals surface area contributed by atoms with Crippen LogP contribution in [-0.4, -0.2) is 61.5 Å². The molecule has 4 rings (SSSR count). The van der Waals surface area contributed by atoms with Crippen molar-refractivity contribution >= 4 is 17.5 Å². The lowest BCUT2D eigenvalue weighted by molar-refractivity contribution is -0.101. The normalized spacial score (nSPS) is 31.0. The number of aliphatic hydroxyl groups is 2. The first kappa shape index (κ1) is 20.8. The average molecular weight is 420 g/mol. The molecule has 0 bridgehead atoms. The molecule has 1 aliphatic carbocycles. The lowest BCUT2D eigenvalue weighted by Gasteiger charge is -2.32. The van der Waals surface area contributed by atoms with Crippen LogP contribution in [0.3, 0.4) is 0 Å². The van der Waals surface area contributed by atoms with Gasteiger partial charge in [-0.1, -0.05) is 6.42 Å². The molecule has 3 heterocycles. The van der Waals surface area contributed by atoms with Gasteiger partial charge in [0.1, 0.15) is 48.0 Å². The number of nitrogens with two attached hydrogens (primary N) is 1. The van der Waals surface area contributed by atoms with Crippen LogP contribution in [0.5, 0.6) is 0 Å². The van der Waals surface area contributed by atoms with E-state index in [-0.39, 0.29) is 12.4 Å². The Hall–Kier alpha value is -2.43. The molecule has 0 radical (unpaired) electrons. The van der Waals surface area contributed by atoms with Gasteiger partial charge >= 0.3 is 6.16 Å². The van der Waals surface area contributed by atoms with Crippen molar-refractivity contribution in [2.45, 2.75) is 75.5 Å². The highest BCUT2D eigenvalue weighted by atomic mass is 16.7. The summed E-state index contributed by atoms with van der Waals surface area (Å²) in [5, 5.41) is 25.4. The second kappa shape index (κ2) is 7.68. The average Bonchev–Trinajstić information content (AvgIpc) is 3.24. The van der Waals surface area contributed by atoms with Gasteiger partial charge < -0.3 is 30.2 Å². The number of ether oxygens (including phenoxy) is 3. The first-order chi connectivity index (χ1) is 14.2. The molecule has 2 fully saturated rings. The molecule has 4 N–H and O–H groups in total. The van der Waals surface area contributed by atoms with Crippen molar-refractivity contribution in [1.29, 1.82) is 0 Å². The smallest absolute Gasteiger partial charge is 0.431 e. The first-order valence-electron chi connectivity index (χ1n) is 10.2. The lowest BCUT2D eigenvalue weighted by atomic mass is 9.86. The van der Waals surface area contributed by atoms with Gasteiger partial charge in [-0.2, -0.15) is 5.10 Å². The Morgan fingerprint density at radius 2 is 2.03 bits per heavy atom. The van der Waals surface area contributed by atoms with E-state index in [1.54, 1.807) is 19.1 Å². The third kappa shape index (κ3) is 3.59. The molecule has 2 aliphatic rings. The van der Waals surface area contributed by atoms with Crippen molar-refractivity contribution in [1.82, 2.24) is 14.6 Å². The van der Waals surface area contributed by atoms with Crippen LogP contribution in [0.25, 0.3) is 5.52 Å². The molecule has 164 valence electrons. The molecule has 30 heavy (non-hydrogen) atoms. The quantitative estimate of drug-likeness (QED) is 0.628. The van der Waals surface area contributed by atoms with E-state index < -0.39 is 35.7 Å². The number of rotatable bonds is 4. The second-order valence-corrected chi connectivity index (χ2v) is 8.53. The monoisotopic (exact) mass is 420 g/mol. The van der Waals surface area contributed by atoms with E-state index >= 15 is 0 Å². The van der Waals surface area contributed by atoms with E-state index in [1.165, 1.54) is 10.8 Å². The molecule has 2 aromatic heterocycles. The first-order valence-corrected chi connectivity index (χ1v) is 10.2. The molecular formula is C20H28N4O6. The van der Waals surface area contributed by atoms with Crippen molar-refractivity contribution < 1.29 is 29.2 Å². The van der Waals surface area contributed by atoms with Crippen molar-refractivity contribution in [2.75, 3.05) is 12.3 Å². The fraction of sp³-hybridized carbons (Fsp3) is 0.650. The highest BCUT2D eigenvalue weighted by molar-refractivity contribution is 5.65. The Morgan fingerprint density at radius 3 is 2.77 bits per heavy atom. The van der Waals surface area contributed by atoms with Crippen LogP contribution in [0.15, 0.2) is 18.5 Å². The zero-order chi connectivity index (χ0) is 21.5.